The van der Waals surface area contributed by atoms with E-state index in [4.69, 9.17) is 5.73 Å². The molecule has 1 aliphatic rings. The quantitative estimate of drug-likeness (QED) is 0.397. The van der Waals surface area contributed by atoms with Crippen molar-refractivity contribution in [3.63, 3.8) is 0 Å². The maximum Gasteiger partial charge on any atom is 0.321 e. The molecule has 10 heteroatoms. The number of hydrogen-bond donors (Lipinski definition) is 5. The van der Waals surface area contributed by atoms with E-state index in [2.05, 4.69) is 21.3 Å². The van der Waals surface area contributed by atoms with Gasteiger partial charge in [-0.1, -0.05) is 36.4 Å². The summed E-state index contributed by atoms with van der Waals surface area (Å²) in [5.74, 6) is -0.949. The Morgan fingerprint density at radius 1 is 1.09 bits per heavy atom. The largest absolute Gasteiger partial charge is 0.370 e. The van der Waals surface area contributed by atoms with Crippen LogP contribution in [0.3, 0.4) is 0 Å². The number of carbonyl (C=O) groups excluding carboxylic acids is 4. The minimum absolute atomic E-state index is 0.00681. The van der Waals surface area contributed by atoms with Crippen molar-refractivity contribution < 1.29 is 19.2 Å². The lowest BCUT2D eigenvalue weighted by Gasteiger charge is -2.20. The molecule has 0 bridgehead atoms. The van der Waals surface area contributed by atoms with Gasteiger partial charge in [0.15, 0.2) is 0 Å². The van der Waals surface area contributed by atoms with E-state index < -0.39 is 23.9 Å². The third-order valence-corrected chi connectivity index (χ3v) is 4.85. The predicted molar refractivity (Wildman–Crippen MR) is 120 cm³/mol. The second-order valence-corrected chi connectivity index (χ2v) is 7.28. The zero-order chi connectivity index (χ0) is 22.9. The maximum atomic E-state index is 12.6. The second kappa shape index (κ2) is 10.8. The molecule has 0 aliphatic carbocycles. The summed E-state index contributed by atoms with van der Waals surface area (Å²) in [6, 6.07) is 14.5. The Balaban J connectivity index is 1.65. The molecule has 1 unspecified atom stereocenters. The van der Waals surface area contributed by atoms with Crippen molar-refractivity contribution in [1.82, 2.24) is 16.0 Å². The summed E-state index contributed by atoms with van der Waals surface area (Å²) >= 11 is 0. The van der Waals surface area contributed by atoms with E-state index in [1.807, 2.05) is 30.3 Å². The average Bonchev–Trinajstić information content (AvgIpc) is 3.19. The first kappa shape index (κ1) is 22.6. The number of benzene rings is 2. The molecule has 0 radical (unpaired) electrons. The van der Waals surface area contributed by atoms with Crippen LogP contribution in [0.4, 0.5) is 21.0 Å². The molecule has 6 N–H and O–H groups in total. The third-order valence-electron chi connectivity index (χ3n) is 4.85. The number of nitrogens with two attached hydrogens (primary N) is 1. The van der Waals surface area contributed by atoms with Gasteiger partial charge >= 0.3 is 12.1 Å². The number of carbonyl (C=O) groups is 4. The first-order chi connectivity index (χ1) is 15.4. The molecule has 1 heterocycles. The van der Waals surface area contributed by atoms with Gasteiger partial charge in [-0.2, -0.15) is 0 Å². The molecule has 2 aromatic carbocycles. The standard InChI is InChI=1S/C22H26N6O4/c23-19(29)9-10-24-20(30)18(13-15-5-2-1-3-6-15)27-21(31)26-16-7-4-8-17(14-16)28-12-11-25-22(28)32/h1-8,14,18H,9-13H2,(H2,23,29)(H,24,30)(H,25,32)(H2,26,27,31). The summed E-state index contributed by atoms with van der Waals surface area (Å²) < 4.78 is 0. The Kier molecular flexibility index (Phi) is 7.63. The summed E-state index contributed by atoms with van der Waals surface area (Å²) in [5.41, 5.74) is 7.11. The zero-order valence-electron chi connectivity index (χ0n) is 17.5. The number of primary amides is 1. The van der Waals surface area contributed by atoms with Crippen molar-refractivity contribution in [2.75, 3.05) is 29.9 Å². The van der Waals surface area contributed by atoms with Gasteiger partial charge in [-0.3, -0.25) is 14.5 Å². The highest BCUT2D eigenvalue weighted by molar-refractivity contribution is 5.97. The molecule has 168 valence electrons. The lowest BCUT2D eigenvalue weighted by Crippen LogP contribution is -2.49. The Bertz CT molecular complexity index is 981. The van der Waals surface area contributed by atoms with Crippen molar-refractivity contribution >= 4 is 35.3 Å². The fourth-order valence-corrected chi connectivity index (χ4v) is 3.29. The van der Waals surface area contributed by atoms with Gasteiger partial charge in [0, 0.05) is 43.9 Å². The van der Waals surface area contributed by atoms with Gasteiger partial charge in [-0.05, 0) is 23.8 Å². The van der Waals surface area contributed by atoms with Crippen molar-refractivity contribution in [2.45, 2.75) is 18.9 Å². The van der Waals surface area contributed by atoms with Gasteiger partial charge in [0.1, 0.15) is 6.04 Å². The van der Waals surface area contributed by atoms with Crippen molar-refractivity contribution in [2.24, 2.45) is 5.73 Å². The SMILES string of the molecule is NC(=O)CCNC(=O)C(Cc1ccccc1)NC(=O)Nc1cccc(N2CCNC2=O)c1. The van der Waals surface area contributed by atoms with Gasteiger partial charge in [0.05, 0.1) is 0 Å². The lowest BCUT2D eigenvalue weighted by atomic mass is 10.1. The molecule has 0 saturated carbocycles. The number of urea groups is 2. The zero-order valence-corrected chi connectivity index (χ0v) is 17.5. The fraction of sp³-hybridized carbons (Fsp3) is 0.273. The van der Waals surface area contributed by atoms with Crippen LogP contribution in [0, 0.1) is 0 Å². The molecule has 0 aromatic heterocycles. The van der Waals surface area contributed by atoms with Crippen LogP contribution in [0.2, 0.25) is 0 Å². The molecule has 0 spiro atoms. The van der Waals surface area contributed by atoms with Gasteiger partial charge < -0.3 is 27.0 Å². The summed E-state index contributed by atoms with van der Waals surface area (Å²) in [6.45, 7) is 1.19. The average molecular weight is 438 g/mol. The van der Waals surface area contributed by atoms with Gasteiger partial charge in [-0.15, -0.1) is 0 Å². The summed E-state index contributed by atoms with van der Waals surface area (Å²) in [7, 11) is 0. The van der Waals surface area contributed by atoms with Crippen LogP contribution in [-0.2, 0) is 16.0 Å². The number of rotatable bonds is 9. The first-order valence-corrected chi connectivity index (χ1v) is 10.3. The second-order valence-electron chi connectivity index (χ2n) is 7.28. The molecule has 10 nitrogen and oxygen atoms in total. The van der Waals surface area contributed by atoms with E-state index in [1.54, 1.807) is 29.2 Å². The van der Waals surface area contributed by atoms with Crippen LogP contribution in [0.5, 0.6) is 0 Å². The van der Waals surface area contributed by atoms with Crippen LogP contribution >= 0.6 is 0 Å². The third kappa shape index (κ3) is 6.46. The minimum atomic E-state index is -0.863. The highest BCUT2D eigenvalue weighted by Gasteiger charge is 2.23. The normalized spacial score (nSPS) is 13.8. The van der Waals surface area contributed by atoms with Crippen LogP contribution < -0.4 is 31.9 Å². The van der Waals surface area contributed by atoms with Crippen LogP contribution in [0.25, 0.3) is 0 Å². The lowest BCUT2D eigenvalue weighted by molar-refractivity contribution is -0.123. The maximum absolute atomic E-state index is 12.6. The Morgan fingerprint density at radius 3 is 2.56 bits per heavy atom. The molecular formula is C22H26N6O4. The van der Waals surface area contributed by atoms with E-state index in [0.717, 1.165) is 5.56 Å². The Labute approximate surface area is 185 Å². The summed E-state index contributed by atoms with van der Waals surface area (Å²) in [4.78, 5) is 49.6. The molecular weight excluding hydrogens is 412 g/mol. The topological polar surface area (TPSA) is 146 Å². The van der Waals surface area contributed by atoms with Crippen molar-refractivity contribution in [1.29, 1.82) is 0 Å². The highest BCUT2D eigenvalue weighted by atomic mass is 16.2. The molecule has 2 aromatic rings. The number of amides is 6. The number of hydrogen-bond acceptors (Lipinski definition) is 4. The number of anilines is 2. The molecule has 1 atom stereocenters. The minimum Gasteiger partial charge on any atom is -0.370 e. The molecule has 32 heavy (non-hydrogen) atoms. The van der Waals surface area contributed by atoms with Gasteiger partial charge in [-0.25, -0.2) is 9.59 Å². The molecule has 1 fully saturated rings. The van der Waals surface area contributed by atoms with E-state index >= 15 is 0 Å². The van der Waals surface area contributed by atoms with E-state index in [-0.39, 0.29) is 25.4 Å². The Hall–Kier alpha value is -4.08. The molecule has 6 amide bonds. The van der Waals surface area contributed by atoms with E-state index in [1.165, 1.54) is 0 Å². The fourth-order valence-electron chi connectivity index (χ4n) is 3.29. The van der Waals surface area contributed by atoms with Crippen LogP contribution in [0.15, 0.2) is 54.6 Å². The monoisotopic (exact) mass is 438 g/mol. The number of nitrogens with one attached hydrogen (secondary N) is 4. The summed E-state index contributed by atoms with van der Waals surface area (Å²) in [5, 5.41) is 10.7. The van der Waals surface area contributed by atoms with Crippen molar-refractivity contribution in [3.8, 4) is 0 Å². The van der Waals surface area contributed by atoms with Gasteiger partial charge in [0.25, 0.3) is 0 Å². The van der Waals surface area contributed by atoms with E-state index in [0.29, 0.717) is 24.5 Å². The molecule has 1 saturated heterocycles. The molecule has 3 rings (SSSR count). The van der Waals surface area contributed by atoms with Gasteiger partial charge in [0.2, 0.25) is 11.8 Å². The summed E-state index contributed by atoms with van der Waals surface area (Å²) in [6.07, 6.45) is 0.275. The predicted octanol–water partition coefficient (Wildman–Crippen LogP) is 0.941. The Morgan fingerprint density at radius 2 is 1.88 bits per heavy atom. The molecule has 1 aliphatic heterocycles. The number of nitrogens with zero attached hydrogens (tertiary/aromatic N) is 1. The van der Waals surface area contributed by atoms with Crippen molar-refractivity contribution in [3.05, 3.63) is 60.2 Å². The first-order valence-electron chi connectivity index (χ1n) is 10.3. The van der Waals surface area contributed by atoms with Crippen LogP contribution in [-0.4, -0.2) is 49.6 Å². The van der Waals surface area contributed by atoms with E-state index in [9.17, 15) is 19.2 Å². The van der Waals surface area contributed by atoms with Crippen LogP contribution in [0.1, 0.15) is 12.0 Å². The highest BCUT2D eigenvalue weighted by Crippen LogP contribution is 2.21. The smallest absolute Gasteiger partial charge is 0.321 e.